The smallest absolute Gasteiger partial charge is 0.354 e. The van der Waals surface area contributed by atoms with E-state index in [9.17, 15) is 9.59 Å². The molecule has 1 aliphatic rings. The third kappa shape index (κ3) is 2.14. The van der Waals surface area contributed by atoms with Gasteiger partial charge in [0.1, 0.15) is 0 Å². The van der Waals surface area contributed by atoms with Gasteiger partial charge in [-0.25, -0.2) is 9.59 Å². The number of esters is 2. The Hall–Kier alpha value is -0.840. The average Bonchev–Trinajstić information content (AvgIpc) is 1.97. The zero-order valence-corrected chi connectivity index (χ0v) is 11.4. The maximum absolute atomic E-state index is 11.8. The van der Waals surface area contributed by atoms with Crippen molar-refractivity contribution in [2.75, 3.05) is 12.5 Å². The molecule has 5 heteroatoms. The first-order valence-electron chi connectivity index (χ1n) is 5.00. The zero-order chi connectivity index (χ0) is 12.7. The van der Waals surface area contributed by atoms with E-state index in [-0.39, 0.29) is 4.86 Å². The lowest BCUT2D eigenvalue weighted by Gasteiger charge is -2.42. The molecule has 0 bridgehead atoms. The lowest BCUT2D eigenvalue weighted by atomic mass is 9.86. The molecule has 0 radical (unpaired) electrons. The average molecular weight is 246 g/mol. The fraction of sp³-hybridized carbons (Fsp3) is 0.727. The van der Waals surface area contributed by atoms with Crippen molar-refractivity contribution in [3.05, 3.63) is 0 Å². The molecule has 0 atom stereocenters. The van der Waals surface area contributed by atoms with Crippen LogP contribution < -0.4 is 0 Å². The van der Waals surface area contributed by atoms with E-state index in [1.807, 2.05) is 20.8 Å². The second-order valence-corrected chi connectivity index (χ2v) is 7.16. The van der Waals surface area contributed by atoms with Crippen LogP contribution in [0.15, 0.2) is 0 Å². The first-order valence-corrected chi connectivity index (χ1v) is 7.04. The number of carbonyl (C=O) groups excluding carboxylic acids is 2. The van der Waals surface area contributed by atoms with Crippen LogP contribution in [0, 0.1) is 5.41 Å². The van der Waals surface area contributed by atoms with Crippen molar-refractivity contribution >= 4 is 27.3 Å². The molecule has 4 nitrogen and oxygen atoms in total. The van der Waals surface area contributed by atoms with Gasteiger partial charge in [0.2, 0.25) is 0 Å². The molecule has 0 aromatic carbocycles. The fourth-order valence-electron chi connectivity index (χ4n) is 1.19. The maximum Gasteiger partial charge on any atom is 0.354 e. The summed E-state index contributed by atoms with van der Waals surface area (Å²) in [5.41, 5.74) is -0.454. The van der Waals surface area contributed by atoms with Crippen LogP contribution in [0.2, 0.25) is 0 Å². The number of rotatable bonds is 0. The van der Waals surface area contributed by atoms with Gasteiger partial charge in [-0.2, -0.15) is 10.5 Å². The Balaban J connectivity index is 3.13. The quantitative estimate of drug-likeness (QED) is 0.480. The molecule has 1 saturated heterocycles. The largest absolute Gasteiger partial charge is 0.418 e. The highest BCUT2D eigenvalue weighted by molar-refractivity contribution is 8.16. The van der Waals surface area contributed by atoms with Crippen molar-refractivity contribution in [1.29, 1.82) is 0 Å². The minimum Gasteiger partial charge on any atom is -0.418 e. The van der Waals surface area contributed by atoms with Gasteiger partial charge in [-0.1, -0.05) is 20.8 Å². The van der Waals surface area contributed by atoms with E-state index in [4.69, 9.17) is 9.47 Å². The van der Waals surface area contributed by atoms with Crippen LogP contribution in [-0.2, 0) is 19.1 Å². The fourth-order valence-corrected chi connectivity index (χ4v) is 1.94. The van der Waals surface area contributed by atoms with Crippen molar-refractivity contribution in [3.63, 3.8) is 0 Å². The van der Waals surface area contributed by atoms with E-state index in [0.717, 1.165) is 0 Å². The monoisotopic (exact) mass is 246 g/mol. The van der Waals surface area contributed by atoms with Gasteiger partial charge in [0.15, 0.2) is 4.86 Å². The van der Waals surface area contributed by atoms with E-state index in [1.54, 1.807) is 19.4 Å². The molecule has 1 rings (SSSR count). The Morgan fingerprint density at radius 1 is 1.06 bits per heavy atom. The third-order valence-corrected chi connectivity index (χ3v) is 3.87. The molecule has 0 aromatic rings. The number of cyclic esters (lactones) is 2. The van der Waals surface area contributed by atoms with Gasteiger partial charge in [-0.15, -0.1) is 0 Å². The maximum atomic E-state index is 11.8. The topological polar surface area (TPSA) is 52.6 Å². The summed E-state index contributed by atoms with van der Waals surface area (Å²) in [5, 5.41) is 0. The van der Waals surface area contributed by atoms with Crippen LogP contribution in [0.4, 0.5) is 0 Å². The summed E-state index contributed by atoms with van der Waals surface area (Å²) in [7, 11) is -0.455. The van der Waals surface area contributed by atoms with Crippen LogP contribution in [-0.4, -0.2) is 35.1 Å². The van der Waals surface area contributed by atoms with E-state index >= 15 is 0 Å². The van der Waals surface area contributed by atoms with Crippen molar-refractivity contribution in [2.24, 2.45) is 5.41 Å². The summed E-state index contributed by atoms with van der Waals surface area (Å²) in [6, 6.07) is 0. The van der Waals surface area contributed by atoms with Gasteiger partial charge in [-0.05, 0) is 12.5 Å². The Morgan fingerprint density at radius 2 is 1.44 bits per heavy atom. The normalized spacial score (nSPS) is 26.8. The van der Waals surface area contributed by atoms with Crippen LogP contribution in [0.1, 0.15) is 27.7 Å². The number of carbonyl (C=O) groups is 2. The van der Waals surface area contributed by atoms with Gasteiger partial charge in [0, 0.05) is 12.3 Å². The predicted octanol–water partition coefficient (Wildman–Crippen LogP) is 1.55. The van der Waals surface area contributed by atoms with Gasteiger partial charge in [0.05, 0.1) is 0 Å². The van der Waals surface area contributed by atoms with Crippen LogP contribution in [0.5, 0.6) is 0 Å². The first kappa shape index (κ1) is 13.2. The van der Waals surface area contributed by atoms with Gasteiger partial charge in [0.25, 0.3) is 5.79 Å². The lowest BCUT2D eigenvalue weighted by Crippen LogP contribution is -2.55. The number of hydrogen-bond acceptors (Lipinski definition) is 4. The molecule has 0 spiro atoms. The second-order valence-electron chi connectivity index (χ2n) is 5.12. The predicted molar refractivity (Wildman–Crippen MR) is 64.5 cm³/mol. The minimum absolute atomic E-state index is 0.113. The molecule has 16 heavy (non-hydrogen) atoms. The molecule has 0 aliphatic carbocycles. The Kier molecular flexibility index (Phi) is 3.20. The number of hydrogen-bond donors (Lipinski definition) is 0. The molecule has 0 aromatic heterocycles. The van der Waals surface area contributed by atoms with Gasteiger partial charge in [-0.3, -0.25) is 0 Å². The molecule has 0 N–H and O–H groups in total. The highest BCUT2D eigenvalue weighted by Gasteiger charge is 2.50. The molecule has 1 aliphatic heterocycles. The van der Waals surface area contributed by atoms with Crippen LogP contribution >= 0.6 is 10.5 Å². The van der Waals surface area contributed by atoms with E-state index in [2.05, 4.69) is 0 Å². The molecular weight excluding hydrogens is 228 g/mol. The van der Waals surface area contributed by atoms with E-state index < -0.39 is 33.6 Å². The Morgan fingerprint density at radius 3 is 1.69 bits per heavy atom. The summed E-state index contributed by atoms with van der Waals surface area (Å²) < 4.78 is 10.5. The van der Waals surface area contributed by atoms with Crippen molar-refractivity contribution in [1.82, 2.24) is 0 Å². The lowest BCUT2D eigenvalue weighted by molar-refractivity contribution is -0.254. The third-order valence-electron chi connectivity index (χ3n) is 2.72. The minimum atomic E-state index is -1.19. The SMILES string of the molecule is CS(C)=C1C(=O)OC(C)(C(C)(C)C)OC1=O. The van der Waals surface area contributed by atoms with Crippen LogP contribution in [0.25, 0.3) is 0 Å². The zero-order valence-electron chi connectivity index (χ0n) is 10.5. The van der Waals surface area contributed by atoms with Crippen LogP contribution in [0.3, 0.4) is 0 Å². The van der Waals surface area contributed by atoms with E-state index in [0.29, 0.717) is 0 Å². The van der Waals surface area contributed by atoms with Gasteiger partial charge >= 0.3 is 11.9 Å². The second kappa shape index (κ2) is 3.87. The van der Waals surface area contributed by atoms with E-state index in [1.165, 1.54) is 0 Å². The summed E-state index contributed by atoms with van der Waals surface area (Å²) >= 11 is 0. The van der Waals surface area contributed by atoms with Crippen molar-refractivity contribution in [2.45, 2.75) is 33.5 Å². The highest BCUT2D eigenvalue weighted by atomic mass is 32.2. The highest BCUT2D eigenvalue weighted by Crippen LogP contribution is 2.37. The molecule has 1 fully saturated rings. The first-order chi connectivity index (χ1) is 7.08. The molecule has 0 unspecified atom stereocenters. The summed E-state index contributed by atoms with van der Waals surface area (Å²) in [6.45, 7) is 7.19. The van der Waals surface area contributed by atoms with Crippen molar-refractivity contribution in [3.8, 4) is 0 Å². The molecular formula is C11H18O4S. The Labute approximate surface area is 98.2 Å². The summed E-state index contributed by atoms with van der Waals surface area (Å²) in [6.07, 6.45) is 3.58. The summed E-state index contributed by atoms with van der Waals surface area (Å²) in [4.78, 5) is 23.6. The molecule has 0 amide bonds. The van der Waals surface area contributed by atoms with Gasteiger partial charge < -0.3 is 9.47 Å². The standard InChI is InChI=1S/C11H18O4S/c1-10(2,3)11(4)14-8(12)7(16(5)6)9(13)15-11/h1-6H3. The number of ether oxygens (including phenoxy) is 2. The Bertz CT molecular complexity index is 352. The molecule has 92 valence electrons. The van der Waals surface area contributed by atoms with Crippen molar-refractivity contribution < 1.29 is 19.1 Å². The molecule has 0 saturated carbocycles. The summed E-state index contributed by atoms with van der Waals surface area (Å²) in [5.74, 6) is -2.30. The molecule has 1 heterocycles.